The lowest BCUT2D eigenvalue weighted by Crippen LogP contribution is -2.58. The average molecular weight is 498 g/mol. The Bertz CT molecular complexity index is 861. The van der Waals surface area contributed by atoms with Gasteiger partial charge in [0.25, 0.3) is 5.91 Å². The summed E-state index contributed by atoms with van der Waals surface area (Å²) >= 11 is 0. The molecule has 190 valence electrons. The van der Waals surface area contributed by atoms with Crippen LogP contribution in [0.5, 0.6) is 0 Å². The molecule has 2 rings (SSSR count). The van der Waals surface area contributed by atoms with Crippen LogP contribution in [0.3, 0.4) is 0 Å². The Labute approximate surface area is 206 Å². The third-order valence-corrected chi connectivity index (χ3v) is 5.35. The number of carbonyl (C=O) groups excluding carboxylic acids is 4. The summed E-state index contributed by atoms with van der Waals surface area (Å²) < 4.78 is 0. The van der Waals surface area contributed by atoms with Crippen LogP contribution < -0.4 is 22.1 Å². The second-order valence-corrected chi connectivity index (χ2v) is 9.46. The highest BCUT2D eigenvalue weighted by molar-refractivity contribution is 5.92. The van der Waals surface area contributed by atoms with E-state index >= 15 is 0 Å². The molecule has 0 aromatic heterocycles. The predicted octanol–water partition coefficient (Wildman–Crippen LogP) is -0.395. The molecule has 0 spiro atoms. The fourth-order valence-electron chi connectivity index (χ4n) is 3.81. The van der Waals surface area contributed by atoms with Crippen molar-refractivity contribution in [2.24, 2.45) is 11.5 Å². The SMILES string of the molecule is CC(C)(C)NC(=O)[C@@H]1CCCN1C(=O)[C@@H](O)[C@H](Cc1ccccc1)NC(=O)[C@@H](N)CC(N)=O.Cl. The lowest BCUT2D eigenvalue weighted by Gasteiger charge is -2.32. The number of hydrogen-bond acceptors (Lipinski definition) is 6. The van der Waals surface area contributed by atoms with Crippen LogP contribution in [0.4, 0.5) is 0 Å². The van der Waals surface area contributed by atoms with Gasteiger partial charge in [0, 0.05) is 12.1 Å². The molecule has 1 aliphatic heterocycles. The Kier molecular flexibility index (Phi) is 10.9. The molecule has 1 saturated heterocycles. The van der Waals surface area contributed by atoms with E-state index in [1.54, 1.807) is 24.3 Å². The van der Waals surface area contributed by atoms with E-state index in [1.807, 2.05) is 26.8 Å². The summed E-state index contributed by atoms with van der Waals surface area (Å²) in [6.45, 7) is 5.87. The van der Waals surface area contributed by atoms with E-state index in [-0.39, 0.29) is 31.2 Å². The highest BCUT2D eigenvalue weighted by Crippen LogP contribution is 2.21. The number of hydrogen-bond donors (Lipinski definition) is 5. The van der Waals surface area contributed by atoms with Crippen molar-refractivity contribution in [3.63, 3.8) is 0 Å². The average Bonchev–Trinajstić information content (AvgIpc) is 3.21. The topological polar surface area (TPSA) is 168 Å². The van der Waals surface area contributed by atoms with Gasteiger partial charge in [0.15, 0.2) is 6.10 Å². The fourth-order valence-corrected chi connectivity index (χ4v) is 3.81. The van der Waals surface area contributed by atoms with Gasteiger partial charge in [-0.3, -0.25) is 19.2 Å². The van der Waals surface area contributed by atoms with Crippen molar-refractivity contribution < 1.29 is 24.3 Å². The standard InChI is InChI=1S/C23H35N5O5.ClH/c1-23(2,3)27-21(32)17-10-7-11-28(17)22(33)19(30)16(12-14-8-5-4-6-9-14)26-20(31)15(24)13-18(25)29;/h4-6,8-9,15-17,19,30H,7,10-13,24H2,1-3H3,(H2,25,29)(H,26,31)(H,27,32);1H/t15-,16-,17-,19-;/m0./s1. The molecule has 0 radical (unpaired) electrons. The first-order valence-corrected chi connectivity index (χ1v) is 11.1. The first-order valence-electron chi connectivity index (χ1n) is 11.1. The van der Waals surface area contributed by atoms with E-state index in [0.29, 0.717) is 19.4 Å². The quantitative estimate of drug-likeness (QED) is 0.311. The third kappa shape index (κ3) is 8.58. The number of benzene rings is 1. The molecule has 7 N–H and O–H groups in total. The first-order chi connectivity index (χ1) is 15.4. The number of halogens is 1. The summed E-state index contributed by atoms with van der Waals surface area (Å²) in [6, 6.07) is 6.10. The molecule has 1 aliphatic rings. The number of rotatable bonds is 9. The number of primary amides is 1. The maximum absolute atomic E-state index is 13.2. The molecular formula is C23H36ClN5O5. The molecule has 4 amide bonds. The third-order valence-electron chi connectivity index (χ3n) is 5.35. The Morgan fingerprint density at radius 1 is 1.18 bits per heavy atom. The van der Waals surface area contributed by atoms with Gasteiger partial charge in [-0.2, -0.15) is 0 Å². The van der Waals surface area contributed by atoms with Gasteiger partial charge in [0.2, 0.25) is 17.7 Å². The molecule has 1 aromatic rings. The lowest BCUT2D eigenvalue weighted by atomic mass is 9.99. The van der Waals surface area contributed by atoms with Gasteiger partial charge < -0.3 is 32.1 Å². The summed E-state index contributed by atoms with van der Waals surface area (Å²) in [6.07, 6.45) is -0.720. The number of aliphatic hydroxyl groups is 1. The van der Waals surface area contributed by atoms with Crippen LogP contribution in [0.1, 0.15) is 45.6 Å². The van der Waals surface area contributed by atoms with E-state index in [1.165, 1.54) is 4.90 Å². The summed E-state index contributed by atoms with van der Waals surface area (Å²) in [7, 11) is 0. The zero-order valence-corrected chi connectivity index (χ0v) is 20.6. The summed E-state index contributed by atoms with van der Waals surface area (Å²) in [5.41, 5.74) is 11.2. The monoisotopic (exact) mass is 497 g/mol. The number of nitrogens with two attached hydrogens (primary N) is 2. The van der Waals surface area contributed by atoms with Gasteiger partial charge in [0.05, 0.1) is 18.5 Å². The largest absolute Gasteiger partial charge is 0.381 e. The van der Waals surface area contributed by atoms with Gasteiger partial charge in [-0.1, -0.05) is 30.3 Å². The van der Waals surface area contributed by atoms with E-state index in [2.05, 4.69) is 10.6 Å². The van der Waals surface area contributed by atoms with Crippen molar-refractivity contribution in [1.29, 1.82) is 0 Å². The highest BCUT2D eigenvalue weighted by atomic mass is 35.5. The minimum Gasteiger partial charge on any atom is -0.381 e. The van der Waals surface area contributed by atoms with Crippen LogP contribution >= 0.6 is 12.4 Å². The van der Waals surface area contributed by atoms with E-state index in [0.717, 1.165) is 5.56 Å². The van der Waals surface area contributed by atoms with Crippen molar-refractivity contribution in [1.82, 2.24) is 15.5 Å². The smallest absolute Gasteiger partial charge is 0.254 e. The van der Waals surface area contributed by atoms with Crippen LogP contribution in [-0.2, 0) is 25.6 Å². The molecule has 0 saturated carbocycles. The minimum atomic E-state index is -1.61. The first kappa shape index (κ1) is 29.3. The second kappa shape index (κ2) is 12.7. The Hall–Kier alpha value is -2.69. The number of nitrogens with one attached hydrogen (secondary N) is 2. The number of aliphatic hydroxyl groups excluding tert-OH is 1. The highest BCUT2D eigenvalue weighted by Gasteiger charge is 2.40. The Balaban J connectivity index is 0.00000578. The van der Waals surface area contributed by atoms with Crippen LogP contribution in [0.2, 0.25) is 0 Å². The molecule has 1 heterocycles. The maximum atomic E-state index is 13.2. The predicted molar refractivity (Wildman–Crippen MR) is 130 cm³/mol. The summed E-state index contributed by atoms with van der Waals surface area (Å²) in [5.74, 6) is -2.37. The molecule has 1 aromatic carbocycles. The van der Waals surface area contributed by atoms with Crippen LogP contribution in [0, 0.1) is 0 Å². The van der Waals surface area contributed by atoms with Crippen LogP contribution in [-0.4, -0.2) is 69.9 Å². The molecule has 11 heteroatoms. The van der Waals surface area contributed by atoms with Crippen molar-refractivity contribution in [3.05, 3.63) is 35.9 Å². The Morgan fingerprint density at radius 2 is 1.79 bits per heavy atom. The number of amides is 4. The van der Waals surface area contributed by atoms with Gasteiger partial charge in [-0.05, 0) is 45.6 Å². The summed E-state index contributed by atoms with van der Waals surface area (Å²) in [5, 5.41) is 16.4. The zero-order valence-electron chi connectivity index (χ0n) is 19.8. The lowest BCUT2D eigenvalue weighted by molar-refractivity contribution is -0.147. The zero-order chi connectivity index (χ0) is 24.8. The van der Waals surface area contributed by atoms with Gasteiger partial charge in [-0.15, -0.1) is 12.4 Å². The molecule has 0 unspecified atom stereocenters. The van der Waals surface area contributed by atoms with E-state index < -0.39 is 47.5 Å². The number of nitrogens with zero attached hydrogens (tertiary/aromatic N) is 1. The van der Waals surface area contributed by atoms with E-state index in [4.69, 9.17) is 11.5 Å². The normalized spacial score (nSPS) is 18.3. The Morgan fingerprint density at radius 3 is 2.35 bits per heavy atom. The van der Waals surface area contributed by atoms with Gasteiger partial charge >= 0.3 is 0 Å². The van der Waals surface area contributed by atoms with Crippen LogP contribution in [0.15, 0.2) is 30.3 Å². The van der Waals surface area contributed by atoms with Crippen LogP contribution in [0.25, 0.3) is 0 Å². The molecule has 10 nitrogen and oxygen atoms in total. The molecule has 0 aliphatic carbocycles. The molecular weight excluding hydrogens is 462 g/mol. The molecule has 1 fully saturated rings. The van der Waals surface area contributed by atoms with Gasteiger partial charge in [0.1, 0.15) is 6.04 Å². The molecule has 4 atom stereocenters. The van der Waals surface area contributed by atoms with E-state index in [9.17, 15) is 24.3 Å². The fraction of sp³-hybridized carbons (Fsp3) is 0.565. The molecule has 0 bridgehead atoms. The number of carbonyl (C=O) groups is 4. The maximum Gasteiger partial charge on any atom is 0.254 e. The van der Waals surface area contributed by atoms with Crippen molar-refractivity contribution in [2.45, 2.75) is 76.2 Å². The van der Waals surface area contributed by atoms with Crippen molar-refractivity contribution in [2.75, 3.05) is 6.54 Å². The van der Waals surface area contributed by atoms with Crippen molar-refractivity contribution in [3.8, 4) is 0 Å². The van der Waals surface area contributed by atoms with Crippen molar-refractivity contribution >= 4 is 36.0 Å². The summed E-state index contributed by atoms with van der Waals surface area (Å²) in [4.78, 5) is 50.9. The van der Waals surface area contributed by atoms with Gasteiger partial charge in [-0.25, -0.2) is 0 Å². The minimum absolute atomic E-state index is 0. The second-order valence-electron chi connectivity index (χ2n) is 9.46. The number of likely N-dealkylation sites (tertiary alicyclic amines) is 1. The molecule has 34 heavy (non-hydrogen) atoms.